The zero-order valence-electron chi connectivity index (χ0n) is 11.5. The zero-order valence-corrected chi connectivity index (χ0v) is 11.5. The number of H-pyrrole nitrogens is 1. The quantitative estimate of drug-likeness (QED) is 0.770. The van der Waals surface area contributed by atoms with E-state index < -0.39 is 0 Å². The second kappa shape index (κ2) is 6.13. The maximum atomic E-state index is 12.9. The Hall–Kier alpha value is -3.09. The van der Waals surface area contributed by atoms with Crippen molar-refractivity contribution in [3.05, 3.63) is 76.2 Å². The molecule has 3 rings (SSSR count). The second-order valence-electron chi connectivity index (χ2n) is 4.62. The van der Waals surface area contributed by atoms with Gasteiger partial charge < -0.3 is 5.32 Å². The van der Waals surface area contributed by atoms with Gasteiger partial charge in [0.2, 0.25) is 5.95 Å². The molecule has 2 N–H and O–H groups in total. The van der Waals surface area contributed by atoms with Crippen LogP contribution in [0.4, 0.5) is 16.0 Å². The molecule has 2 aromatic heterocycles. The predicted octanol–water partition coefficient (Wildman–Crippen LogP) is 2.03. The van der Waals surface area contributed by atoms with Gasteiger partial charge in [0, 0.05) is 12.6 Å². The van der Waals surface area contributed by atoms with Gasteiger partial charge in [-0.15, -0.1) is 10.2 Å². The highest BCUT2D eigenvalue weighted by Crippen LogP contribution is 2.09. The summed E-state index contributed by atoms with van der Waals surface area (Å²) in [6.07, 6.45) is 3.54. The van der Waals surface area contributed by atoms with Crippen molar-refractivity contribution in [2.45, 2.75) is 6.42 Å². The number of pyridine rings is 1. The SMILES string of the molecule is O=c1[nH]c(Nc2cccnc2)nnc1Cc1ccc(F)cc1. The van der Waals surface area contributed by atoms with E-state index in [-0.39, 0.29) is 29.4 Å². The van der Waals surface area contributed by atoms with Crippen LogP contribution in [0.1, 0.15) is 11.3 Å². The Labute approximate surface area is 125 Å². The smallest absolute Gasteiger partial charge is 0.274 e. The molecule has 0 aliphatic rings. The minimum atomic E-state index is -0.342. The van der Waals surface area contributed by atoms with Crippen LogP contribution in [0.5, 0.6) is 0 Å². The van der Waals surface area contributed by atoms with E-state index in [0.717, 1.165) is 5.56 Å². The second-order valence-corrected chi connectivity index (χ2v) is 4.62. The predicted molar refractivity (Wildman–Crippen MR) is 79.4 cm³/mol. The van der Waals surface area contributed by atoms with Crippen molar-refractivity contribution in [3.8, 4) is 0 Å². The number of nitrogens with zero attached hydrogens (tertiary/aromatic N) is 3. The lowest BCUT2D eigenvalue weighted by molar-refractivity contribution is 0.627. The summed E-state index contributed by atoms with van der Waals surface area (Å²) < 4.78 is 12.9. The van der Waals surface area contributed by atoms with Crippen LogP contribution in [0, 0.1) is 5.82 Å². The molecule has 0 spiro atoms. The van der Waals surface area contributed by atoms with Crippen LogP contribution in [0.3, 0.4) is 0 Å². The number of halogens is 1. The van der Waals surface area contributed by atoms with E-state index in [0.29, 0.717) is 5.69 Å². The van der Waals surface area contributed by atoms with E-state index in [9.17, 15) is 9.18 Å². The monoisotopic (exact) mass is 297 g/mol. The molecule has 0 unspecified atom stereocenters. The van der Waals surface area contributed by atoms with E-state index in [1.165, 1.54) is 12.1 Å². The summed E-state index contributed by atoms with van der Waals surface area (Å²) in [5.74, 6) is -0.0828. The van der Waals surface area contributed by atoms with Crippen LogP contribution in [-0.2, 0) is 6.42 Å². The Morgan fingerprint density at radius 2 is 1.95 bits per heavy atom. The fraction of sp³-hybridized carbons (Fsp3) is 0.0667. The molecule has 22 heavy (non-hydrogen) atoms. The lowest BCUT2D eigenvalue weighted by atomic mass is 10.1. The topological polar surface area (TPSA) is 83.6 Å². The molecule has 0 saturated heterocycles. The number of aromatic amines is 1. The summed E-state index contributed by atoms with van der Waals surface area (Å²) >= 11 is 0. The first-order valence-electron chi connectivity index (χ1n) is 6.58. The summed E-state index contributed by atoms with van der Waals surface area (Å²) in [6.45, 7) is 0. The first-order valence-corrected chi connectivity index (χ1v) is 6.58. The molecule has 0 saturated carbocycles. The molecule has 0 radical (unpaired) electrons. The van der Waals surface area contributed by atoms with Crippen molar-refractivity contribution in [1.82, 2.24) is 20.2 Å². The Morgan fingerprint density at radius 3 is 2.64 bits per heavy atom. The molecule has 0 fully saturated rings. The number of rotatable bonds is 4. The van der Waals surface area contributed by atoms with Crippen LogP contribution >= 0.6 is 0 Å². The van der Waals surface area contributed by atoms with Crippen molar-refractivity contribution in [1.29, 1.82) is 0 Å². The molecule has 7 heteroatoms. The molecular weight excluding hydrogens is 285 g/mol. The Kier molecular flexibility index (Phi) is 3.86. The van der Waals surface area contributed by atoms with Crippen LogP contribution in [0.2, 0.25) is 0 Å². The van der Waals surface area contributed by atoms with Gasteiger partial charge in [0.1, 0.15) is 11.5 Å². The summed E-state index contributed by atoms with van der Waals surface area (Å²) in [5, 5.41) is 10.8. The normalized spacial score (nSPS) is 10.4. The van der Waals surface area contributed by atoms with Crippen molar-refractivity contribution < 1.29 is 4.39 Å². The minimum absolute atomic E-state index is 0.237. The van der Waals surface area contributed by atoms with Gasteiger partial charge in [0.15, 0.2) is 0 Å². The molecule has 0 aliphatic heterocycles. The molecule has 3 aromatic rings. The van der Waals surface area contributed by atoms with Crippen molar-refractivity contribution in [2.75, 3.05) is 5.32 Å². The van der Waals surface area contributed by atoms with Gasteiger partial charge in [-0.05, 0) is 29.8 Å². The summed E-state index contributed by atoms with van der Waals surface area (Å²) in [4.78, 5) is 18.6. The number of nitrogens with one attached hydrogen (secondary N) is 2. The zero-order chi connectivity index (χ0) is 15.4. The van der Waals surface area contributed by atoms with E-state index in [1.807, 2.05) is 0 Å². The molecule has 2 heterocycles. The largest absolute Gasteiger partial charge is 0.323 e. The third-order valence-corrected chi connectivity index (χ3v) is 2.97. The van der Waals surface area contributed by atoms with Crippen molar-refractivity contribution in [3.63, 3.8) is 0 Å². The number of hydrogen-bond acceptors (Lipinski definition) is 5. The van der Waals surface area contributed by atoms with E-state index in [4.69, 9.17) is 0 Å². The third kappa shape index (κ3) is 3.32. The highest BCUT2D eigenvalue weighted by atomic mass is 19.1. The highest BCUT2D eigenvalue weighted by molar-refractivity contribution is 5.50. The average molecular weight is 297 g/mol. The van der Waals surface area contributed by atoms with Crippen LogP contribution < -0.4 is 10.9 Å². The number of benzene rings is 1. The van der Waals surface area contributed by atoms with Crippen LogP contribution in [0.25, 0.3) is 0 Å². The van der Waals surface area contributed by atoms with Gasteiger partial charge in [0.25, 0.3) is 5.56 Å². The maximum Gasteiger partial charge on any atom is 0.274 e. The van der Waals surface area contributed by atoms with Gasteiger partial charge >= 0.3 is 0 Å². The molecule has 110 valence electrons. The lowest BCUT2D eigenvalue weighted by Gasteiger charge is -2.05. The molecule has 0 aliphatic carbocycles. The fourth-order valence-electron chi connectivity index (χ4n) is 1.90. The van der Waals surface area contributed by atoms with E-state index in [2.05, 4.69) is 25.5 Å². The molecule has 6 nitrogen and oxygen atoms in total. The van der Waals surface area contributed by atoms with Gasteiger partial charge in [-0.2, -0.15) is 0 Å². The fourth-order valence-corrected chi connectivity index (χ4v) is 1.90. The first-order chi connectivity index (χ1) is 10.7. The third-order valence-electron chi connectivity index (χ3n) is 2.97. The molecule has 0 atom stereocenters. The summed E-state index contributed by atoms with van der Waals surface area (Å²) in [5.41, 5.74) is 1.40. The summed E-state index contributed by atoms with van der Waals surface area (Å²) in [7, 11) is 0. The Balaban J connectivity index is 1.77. The maximum absolute atomic E-state index is 12.9. The first kappa shape index (κ1) is 13.9. The standard InChI is InChI=1S/C15H12FN5O/c16-11-5-3-10(4-6-11)8-13-14(22)19-15(21-20-13)18-12-2-1-7-17-9-12/h1-7,9H,8H2,(H2,18,19,21,22). The van der Waals surface area contributed by atoms with Crippen LogP contribution in [0.15, 0.2) is 53.6 Å². The van der Waals surface area contributed by atoms with Crippen molar-refractivity contribution in [2.24, 2.45) is 0 Å². The van der Waals surface area contributed by atoms with E-state index >= 15 is 0 Å². The van der Waals surface area contributed by atoms with E-state index in [1.54, 1.807) is 36.7 Å². The summed E-state index contributed by atoms with van der Waals surface area (Å²) in [6, 6.07) is 9.46. The number of aromatic nitrogens is 4. The minimum Gasteiger partial charge on any atom is -0.323 e. The number of hydrogen-bond donors (Lipinski definition) is 2. The Bertz CT molecular complexity index is 817. The lowest BCUT2D eigenvalue weighted by Crippen LogP contribution is -2.18. The molecular formula is C15H12FN5O. The van der Waals surface area contributed by atoms with Gasteiger partial charge in [-0.25, -0.2) is 4.39 Å². The van der Waals surface area contributed by atoms with Gasteiger partial charge in [-0.3, -0.25) is 14.8 Å². The number of anilines is 2. The Morgan fingerprint density at radius 1 is 1.14 bits per heavy atom. The average Bonchev–Trinajstić information content (AvgIpc) is 2.53. The molecule has 0 bridgehead atoms. The van der Waals surface area contributed by atoms with Gasteiger partial charge in [0.05, 0.1) is 11.9 Å². The van der Waals surface area contributed by atoms with Gasteiger partial charge in [-0.1, -0.05) is 12.1 Å². The molecule has 1 aromatic carbocycles. The molecule has 0 amide bonds. The van der Waals surface area contributed by atoms with Crippen LogP contribution in [-0.4, -0.2) is 20.2 Å². The van der Waals surface area contributed by atoms with Crippen molar-refractivity contribution >= 4 is 11.6 Å². The highest BCUT2D eigenvalue weighted by Gasteiger charge is 2.06.